The van der Waals surface area contributed by atoms with Crippen LogP contribution in [0.1, 0.15) is 18.4 Å². The Morgan fingerprint density at radius 3 is 2.94 bits per heavy atom. The van der Waals surface area contributed by atoms with Crippen molar-refractivity contribution >= 4 is 5.91 Å². The summed E-state index contributed by atoms with van der Waals surface area (Å²) in [6, 6.07) is 10.7. The minimum absolute atomic E-state index is 0.193. The standard InChI is InChI=1S/C14H19N2O/c1-16-9-7-13(8-10-16)14(17)15-11-12-5-3-2-4-6-12/h2-3,5-6,13H,7-11H2,1H3,(H,15,17). The molecule has 17 heavy (non-hydrogen) atoms. The van der Waals surface area contributed by atoms with Crippen LogP contribution in [-0.4, -0.2) is 30.9 Å². The predicted octanol–water partition coefficient (Wildman–Crippen LogP) is 1.44. The van der Waals surface area contributed by atoms with Crippen molar-refractivity contribution in [2.45, 2.75) is 19.4 Å². The number of piperidine rings is 1. The second-order valence-electron chi connectivity index (χ2n) is 4.71. The zero-order chi connectivity index (χ0) is 12.1. The van der Waals surface area contributed by atoms with E-state index >= 15 is 0 Å². The number of benzene rings is 1. The Labute approximate surface area is 103 Å². The number of carbonyl (C=O) groups is 1. The monoisotopic (exact) mass is 231 g/mol. The van der Waals surface area contributed by atoms with Gasteiger partial charge in [-0.1, -0.05) is 18.2 Å². The lowest BCUT2D eigenvalue weighted by Gasteiger charge is -2.28. The topological polar surface area (TPSA) is 32.3 Å². The van der Waals surface area contributed by atoms with Crippen molar-refractivity contribution in [2.75, 3.05) is 20.1 Å². The summed E-state index contributed by atoms with van der Waals surface area (Å²) in [6.45, 7) is 2.66. The van der Waals surface area contributed by atoms with Crippen molar-refractivity contribution in [3.63, 3.8) is 0 Å². The Kier molecular flexibility index (Phi) is 4.15. The summed E-state index contributed by atoms with van der Waals surface area (Å²) in [7, 11) is 2.11. The van der Waals surface area contributed by atoms with Crippen molar-refractivity contribution < 1.29 is 4.79 Å². The summed E-state index contributed by atoms with van der Waals surface area (Å²) in [4.78, 5) is 14.2. The molecule has 0 saturated carbocycles. The maximum atomic E-state index is 11.9. The molecule has 1 aromatic rings. The van der Waals surface area contributed by atoms with Gasteiger partial charge in [-0.3, -0.25) is 4.79 Å². The normalized spacial score (nSPS) is 17.9. The van der Waals surface area contributed by atoms with E-state index in [1.165, 1.54) is 0 Å². The van der Waals surface area contributed by atoms with Crippen molar-refractivity contribution in [2.24, 2.45) is 5.92 Å². The van der Waals surface area contributed by atoms with Gasteiger partial charge in [-0.2, -0.15) is 0 Å². The summed E-state index contributed by atoms with van der Waals surface area (Å²) in [6.07, 6.45) is 1.95. The average Bonchev–Trinajstić information content (AvgIpc) is 2.38. The van der Waals surface area contributed by atoms with Crippen LogP contribution in [-0.2, 0) is 11.3 Å². The van der Waals surface area contributed by atoms with E-state index in [1.54, 1.807) is 0 Å². The molecule has 0 bridgehead atoms. The maximum Gasteiger partial charge on any atom is 0.223 e. The Hall–Kier alpha value is -1.35. The highest BCUT2D eigenvalue weighted by molar-refractivity contribution is 5.78. The number of hydrogen-bond acceptors (Lipinski definition) is 2. The molecule has 1 aliphatic heterocycles. The van der Waals surface area contributed by atoms with Crippen LogP contribution < -0.4 is 5.32 Å². The van der Waals surface area contributed by atoms with Gasteiger partial charge in [0.15, 0.2) is 0 Å². The lowest BCUT2D eigenvalue weighted by atomic mass is 9.96. The molecule has 1 saturated heterocycles. The molecular weight excluding hydrogens is 212 g/mol. The molecule has 1 fully saturated rings. The molecule has 1 aromatic carbocycles. The van der Waals surface area contributed by atoms with Gasteiger partial charge in [-0.15, -0.1) is 0 Å². The highest BCUT2D eigenvalue weighted by atomic mass is 16.1. The molecule has 2 rings (SSSR count). The van der Waals surface area contributed by atoms with E-state index < -0.39 is 0 Å². The summed E-state index contributed by atoms with van der Waals surface area (Å²) >= 11 is 0. The predicted molar refractivity (Wildman–Crippen MR) is 67.3 cm³/mol. The molecule has 91 valence electrons. The Balaban J connectivity index is 1.78. The third kappa shape index (κ3) is 3.56. The summed E-state index contributed by atoms with van der Waals surface area (Å²) < 4.78 is 0. The van der Waals surface area contributed by atoms with Gasteiger partial charge in [0.05, 0.1) is 0 Å². The van der Waals surface area contributed by atoms with E-state index in [0.717, 1.165) is 31.5 Å². The van der Waals surface area contributed by atoms with Crippen LogP contribution in [0.5, 0.6) is 0 Å². The van der Waals surface area contributed by atoms with Crippen LogP contribution in [0.25, 0.3) is 0 Å². The van der Waals surface area contributed by atoms with E-state index in [2.05, 4.69) is 23.3 Å². The van der Waals surface area contributed by atoms with Gasteiger partial charge < -0.3 is 10.2 Å². The van der Waals surface area contributed by atoms with Crippen molar-refractivity contribution in [1.82, 2.24) is 10.2 Å². The zero-order valence-corrected chi connectivity index (χ0v) is 10.3. The fourth-order valence-electron chi connectivity index (χ4n) is 2.14. The minimum Gasteiger partial charge on any atom is -0.352 e. The van der Waals surface area contributed by atoms with E-state index in [-0.39, 0.29) is 11.8 Å². The highest BCUT2D eigenvalue weighted by Crippen LogP contribution is 2.16. The zero-order valence-electron chi connectivity index (χ0n) is 10.3. The number of nitrogens with one attached hydrogen (secondary N) is 1. The second-order valence-corrected chi connectivity index (χ2v) is 4.71. The van der Waals surface area contributed by atoms with Crippen molar-refractivity contribution in [3.05, 3.63) is 35.9 Å². The first-order valence-corrected chi connectivity index (χ1v) is 6.17. The lowest BCUT2D eigenvalue weighted by Crippen LogP contribution is -2.38. The van der Waals surface area contributed by atoms with Gasteiger partial charge in [0.1, 0.15) is 0 Å². The molecule has 1 amide bonds. The number of rotatable bonds is 3. The second kappa shape index (κ2) is 5.82. The number of likely N-dealkylation sites (tertiary alicyclic amines) is 1. The van der Waals surface area contributed by atoms with Gasteiger partial charge in [-0.25, -0.2) is 0 Å². The molecule has 0 aliphatic carbocycles. The first kappa shape index (κ1) is 12.1. The number of carbonyl (C=O) groups excluding carboxylic acids is 1. The van der Waals surface area contributed by atoms with Crippen LogP contribution in [0.4, 0.5) is 0 Å². The first-order chi connectivity index (χ1) is 8.25. The molecule has 1 N–H and O–H groups in total. The molecule has 3 heteroatoms. The van der Waals surface area contributed by atoms with Gasteiger partial charge >= 0.3 is 0 Å². The quantitative estimate of drug-likeness (QED) is 0.854. The third-order valence-electron chi connectivity index (χ3n) is 3.33. The van der Waals surface area contributed by atoms with Crippen molar-refractivity contribution in [1.29, 1.82) is 0 Å². The molecule has 1 radical (unpaired) electrons. The van der Waals surface area contributed by atoms with Gasteiger partial charge in [0.2, 0.25) is 5.91 Å². The fraction of sp³-hybridized carbons (Fsp3) is 0.500. The molecule has 0 aromatic heterocycles. The van der Waals surface area contributed by atoms with E-state index in [9.17, 15) is 4.79 Å². The van der Waals surface area contributed by atoms with E-state index in [1.807, 2.05) is 24.3 Å². The third-order valence-corrected chi connectivity index (χ3v) is 3.33. The fourth-order valence-corrected chi connectivity index (χ4v) is 2.14. The summed E-state index contributed by atoms with van der Waals surface area (Å²) in [5.74, 6) is 0.390. The molecule has 1 heterocycles. The molecule has 1 aliphatic rings. The highest BCUT2D eigenvalue weighted by Gasteiger charge is 2.22. The lowest BCUT2D eigenvalue weighted by molar-refractivity contribution is -0.126. The van der Waals surface area contributed by atoms with E-state index in [0.29, 0.717) is 6.54 Å². The van der Waals surface area contributed by atoms with Crippen LogP contribution in [0, 0.1) is 12.0 Å². The Bertz CT molecular complexity index is 356. The molecule has 0 unspecified atom stereocenters. The number of nitrogens with zero attached hydrogens (tertiary/aromatic N) is 1. The summed E-state index contributed by atoms with van der Waals surface area (Å²) in [5, 5.41) is 3.01. The van der Waals surface area contributed by atoms with Crippen LogP contribution >= 0.6 is 0 Å². The molecular formula is C14H19N2O. The van der Waals surface area contributed by atoms with Gasteiger partial charge in [0, 0.05) is 12.5 Å². The average molecular weight is 231 g/mol. The van der Waals surface area contributed by atoms with E-state index in [4.69, 9.17) is 0 Å². The van der Waals surface area contributed by atoms with Crippen LogP contribution in [0.3, 0.4) is 0 Å². The minimum atomic E-state index is 0.193. The largest absolute Gasteiger partial charge is 0.352 e. The number of amides is 1. The maximum absolute atomic E-state index is 11.9. The van der Waals surface area contributed by atoms with Gasteiger partial charge in [0.25, 0.3) is 0 Å². The number of hydrogen-bond donors (Lipinski definition) is 1. The van der Waals surface area contributed by atoms with Crippen LogP contribution in [0.2, 0.25) is 0 Å². The Morgan fingerprint density at radius 1 is 1.53 bits per heavy atom. The van der Waals surface area contributed by atoms with Crippen LogP contribution in [0.15, 0.2) is 24.3 Å². The first-order valence-electron chi connectivity index (χ1n) is 6.17. The summed E-state index contributed by atoms with van der Waals surface area (Å²) in [5.41, 5.74) is 1.11. The SMILES string of the molecule is CN1CCC(C(=O)NCc2c[c]ccc2)CC1. The molecule has 0 atom stereocenters. The van der Waals surface area contributed by atoms with Gasteiger partial charge in [-0.05, 0) is 50.7 Å². The Morgan fingerprint density at radius 2 is 2.29 bits per heavy atom. The van der Waals surface area contributed by atoms with Crippen molar-refractivity contribution in [3.8, 4) is 0 Å². The smallest absolute Gasteiger partial charge is 0.223 e. The molecule has 0 spiro atoms. The molecule has 3 nitrogen and oxygen atoms in total.